The molecule has 0 unspecified atom stereocenters. The Bertz CT molecular complexity index is 68.0. The quantitative estimate of drug-likeness (QED) is 0.607. The van der Waals surface area contributed by atoms with Gasteiger partial charge in [-0.2, -0.15) is 0 Å². The predicted molar refractivity (Wildman–Crippen MR) is 50.4 cm³/mol. The van der Waals surface area contributed by atoms with Gasteiger partial charge in [-0.05, 0) is 31.8 Å². The zero-order valence-electron chi connectivity index (χ0n) is 7.68. The van der Waals surface area contributed by atoms with Crippen molar-refractivity contribution in [3.63, 3.8) is 0 Å². The third kappa shape index (κ3) is 6.32. The summed E-state index contributed by atoms with van der Waals surface area (Å²) in [5.41, 5.74) is 10.4. The fourth-order valence-corrected chi connectivity index (χ4v) is 1.42. The summed E-state index contributed by atoms with van der Waals surface area (Å²) < 4.78 is 0. The summed E-state index contributed by atoms with van der Waals surface area (Å²) in [4.78, 5) is 0. The van der Waals surface area contributed by atoms with Crippen molar-refractivity contribution in [2.45, 2.75) is 39.0 Å². The molecule has 2 heteroatoms. The van der Waals surface area contributed by atoms with Crippen molar-refractivity contribution in [2.75, 3.05) is 13.1 Å². The third-order valence-corrected chi connectivity index (χ3v) is 2.06. The van der Waals surface area contributed by atoms with Gasteiger partial charge in [0.1, 0.15) is 0 Å². The van der Waals surface area contributed by atoms with Crippen molar-refractivity contribution in [3.8, 4) is 0 Å². The Hall–Kier alpha value is -0.0800. The first-order valence-electron chi connectivity index (χ1n) is 4.75. The van der Waals surface area contributed by atoms with Crippen LogP contribution in [-0.2, 0) is 0 Å². The van der Waals surface area contributed by atoms with Gasteiger partial charge in [-0.15, -0.1) is 0 Å². The van der Waals surface area contributed by atoms with Gasteiger partial charge in [0.05, 0.1) is 0 Å². The lowest BCUT2D eigenvalue weighted by molar-refractivity contribution is 0.366. The van der Waals surface area contributed by atoms with Gasteiger partial charge in [0, 0.05) is 0 Å². The molecule has 0 atom stereocenters. The van der Waals surface area contributed by atoms with Crippen LogP contribution in [0.1, 0.15) is 39.0 Å². The van der Waals surface area contributed by atoms with Crippen LogP contribution in [0, 0.1) is 5.92 Å². The molecule has 0 radical (unpaired) electrons. The second kappa shape index (κ2) is 8.02. The standard InChI is InChI=1S/C7H15N.C2H7N/c8-6-7-4-2-1-3-5-7;1-2-3/h7H,1-6,8H2;2-3H2,1H3. The monoisotopic (exact) mass is 158 g/mol. The van der Waals surface area contributed by atoms with Crippen molar-refractivity contribution < 1.29 is 0 Å². The van der Waals surface area contributed by atoms with Gasteiger partial charge in [0.25, 0.3) is 0 Å². The van der Waals surface area contributed by atoms with Crippen LogP contribution >= 0.6 is 0 Å². The highest BCUT2D eigenvalue weighted by Gasteiger charge is 2.09. The molecule has 0 aliphatic heterocycles. The smallest absolute Gasteiger partial charge is 0.00489 e. The molecule has 0 heterocycles. The Morgan fingerprint density at radius 2 is 1.55 bits per heavy atom. The fourth-order valence-electron chi connectivity index (χ4n) is 1.42. The van der Waals surface area contributed by atoms with Gasteiger partial charge < -0.3 is 11.5 Å². The van der Waals surface area contributed by atoms with Gasteiger partial charge in [-0.25, -0.2) is 0 Å². The molecule has 1 fully saturated rings. The summed E-state index contributed by atoms with van der Waals surface area (Å²) in [6.45, 7) is 3.57. The minimum absolute atomic E-state index is 0.750. The van der Waals surface area contributed by atoms with E-state index in [4.69, 9.17) is 11.5 Å². The van der Waals surface area contributed by atoms with E-state index >= 15 is 0 Å². The maximum absolute atomic E-state index is 5.50. The van der Waals surface area contributed by atoms with Crippen LogP contribution < -0.4 is 11.5 Å². The molecule has 0 aromatic rings. The molecule has 1 saturated carbocycles. The van der Waals surface area contributed by atoms with E-state index in [9.17, 15) is 0 Å². The molecule has 0 bridgehead atoms. The summed E-state index contributed by atoms with van der Waals surface area (Å²) in [6, 6.07) is 0. The topological polar surface area (TPSA) is 52.0 Å². The van der Waals surface area contributed by atoms with Crippen LogP contribution in [0.25, 0.3) is 0 Å². The lowest BCUT2D eigenvalue weighted by Gasteiger charge is -2.18. The zero-order chi connectivity index (χ0) is 8.53. The average Bonchev–Trinajstić information content (AvgIpc) is 2.08. The van der Waals surface area contributed by atoms with E-state index in [0.717, 1.165) is 19.0 Å². The van der Waals surface area contributed by atoms with E-state index in [1.54, 1.807) is 0 Å². The van der Waals surface area contributed by atoms with E-state index in [1.807, 2.05) is 6.92 Å². The van der Waals surface area contributed by atoms with Crippen molar-refractivity contribution in [1.82, 2.24) is 0 Å². The molecule has 0 amide bonds. The van der Waals surface area contributed by atoms with Crippen molar-refractivity contribution in [3.05, 3.63) is 0 Å². The Morgan fingerprint density at radius 1 is 1.09 bits per heavy atom. The van der Waals surface area contributed by atoms with Crippen molar-refractivity contribution in [1.29, 1.82) is 0 Å². The summed E-state index contributed by atoms with van der Waals surface area (Å²) in [6.07, 6.45) is 7.05. The van der Waals surface area contributed by atoms with Gasteiger partial charge in [-0.1, -0.05) is 26.2 Å². The Labute approximate surface area is 70.3 Å². The van der Waals surface area contributed by atoms with E-state index in [-0.39, 0.29) is 0 Å². The number of hydrogen-bond acceptors (Lipinski definition) is 2. The highest BCUT2D eigenvalue weighted by molar-refractivity contribution is 4.65. The highest BCUT2D eigenvalue weighted by atomic mass is 14.5. The van der Waals surface area contributed by atoms with Crippen molar-refractivity contribution >= 4 is 0 Å². The molecular weight excluding hydrogens is 136 g/mol. The molecule has 1 aliphatic carbocycles. The summed E-state index contributed by atoms with van der Waals surface area (Å²) >= 11 is 0. The van der Waals surface area contributed by atoms with Gasteiger partial charge in [-0.3, -0.25) is 0 Å². The molecule has 4 N–H and O–H groups in total. The lowest BCUT2D eigenvalue weighted by atomic mass is 9.90. The summed E-state index contributed by atoms with van der Waals surface area (Å²) in [7, 11) is 0. The van der Waals surface area contributed by atoms with Crippen LogP contribution in [0.4, 0.5) is 0 Å². The first-order chi connectivity index (χ1) is 5.35. The van der Waals surface area contributed by atoms with Gasteiger partial charge in [0.2, 0.25) is 0 Å². The molecule has 0 aromatic carbocycles. The Balaban J connectivity index is 0.000000292. The van der Waals surface area contributed by atoms with E-state index in [0.29, 0.717) is 0 Å². The average molecular weight is 158 g/mol. The second-order valence-corrected chi connectivity index (χ2v) is 3.15. The fraction of sp³-hybridized carbons (Fsp3) is 1.00. The highest BCUT2D eigenvalue weighted by Crippen LogP contribution is 2.21. The molecule has 11 heavy (non-hydrogen) atoms. The van der Waals surface area contributed by atoms with Crippen molar-refractivity contribution in [2.24, 2.45) is 17.4 Å². The molecular formula is C9H22N2. The Morgan fingerprint density at radius 3 is 1.82 bits per heavy atom. The van der Waals surface area contributed by atoms with Gasteiger partial charge in [0.15, 0.2) is 0 Å². The minimum atomic E-state index is 0.750. The predicted octanol–water partition coefficient (Wildman–Crippen LogP) is 1.49. The van der Waals surface area contributed by atoms with Crippen LogP contribution in [-0.4, -0.2) is 13.1 Å². The first kappa shape index (κ1) is 10.9. The van der Waals surface area contributed by atoms with E-state index < -0.39 is 0 Å². The maximum Gasteiger partial charge on any atom is -0.00489 e. The molecule has 0 aromatic heterocycles. The zero-order valence-corrected chi connectivity index (χ0v) is 7.68. The second-order valence-electron chi connectivity index (χ2n) is 3.15. The lowest BCUT2D eigenvalue weighted by Crippen LogP contribution is -2.16. The number of rotatable bonds is 1. The first-order valence-corrected chi connectivity index (χ1v) is 4.75. The molecule has 68 valence electrons. The van der Waals surface area contributed by atoms with E-state index in [1.165, 1.54) is 32.1 Å². The molecule has 1 aliphatic rings. The van der Waals surface area contributed by atoms with Crippen LogP contribution in [0.5, 0.6) is 0 Å². The SMILES string of the molecule is CCN.NCC1CCCCC1. The van der Waals surface area contributed by atoms with Crippen LogP contribution in [0.3, 0.4) is 0 Å². The Kier molecular flexibility index (Phi) is 7.96. The van der Waals surface area contributed by atoms with E-state index in [2.05, 4.69) is 0 Å². The molecule has 0 spiro atoms. The normalized spacial score (nSPS) is 18.8. The minimum Gasteiger partial charge on any atom is -0.331 e. The maximum atomic E-state index is 5.50. The number of nitrogens with two attached hydrogens (primary N) is 2. The van der Waals surface area contributed by atoms with Crippen LogP contribution in [0.2, 0.25) is 0 Å². The molecule has 1 rings (SSSR count). The molecule has 0 saturated heterocycles. The summed E-state index contributed by atoms with van der Waals surface area (Å²) in [5.74, 6) is 0.865. The number of hydrogen-bond donors (Lipinski definition) is 2. The molecule has 2 nitrogen and oxygen atoms in total. The summed E-state index contributed by atoms with van der Waals surface area (Å²) in [5, 5.41) is 0. The van der Waals surface area contributed by atoms with Gasteiger partial charge >= 0.3 is 0 Å². The third-order valence-electron chi connectivity index (χ3n) is 2.06. The van der Waals surface area contributed by atoms with Crippen LogP contribution in [0.15, 0.2) is 0 Å². The largest absolute Gasteiger partial charge is 0.331 e.